The molecule has 2 heterocycles. The Morgan fingerprint density at radius 2 is 2.00 bits per heavy atom. The van der Waals surface area contributed by atoms with Crippen LogP contribution < -0.4 is 10.6 Å². The molecule has 0 aliphatic carbocycles. The van der Waals surface area contributed by atoms with Crippen molar-refractivity contribution in [2.45, 2.75) is 19.0 Å². The Balaban J connectivity index is 0.00000300. The second-order valence-electron chi connectivity index (χ2n) is 7.23. The van der Waals surface area contributed by atoms with Crippen LogP contribution in [0.25, 0.3) is 10.9 Å². The fourth-order valence-electron chi connectivity index (χ4n) is 3.42. The number of likely N-dealkylation sites (N-methyl/N-ethyl adjacent to an activating group) is 1. The quantitative estimate of drug-likeness (QED) is 0.212. The zero-order chi connectivity index (χ0) is 19.9. The molecule has 0 bridgehead atoms. The number of aliphatic imine (C=N–C) groups is 1. The first kappa shape index (κ1) is 23.2. The Kier molecular flexibility index (Phi) is 8.97. The third-order valence-corrected chi connectivity index (χ3v) is 4.97. The Hall–Kier alpha value is -2.07. The van der Waals surface area contributed by atoms with E-state index in [9.17, 15) is 0 Å². The van der Waals surface area contributed by atoms with E-state index in [4.69, 9.17) is 0 Å². The summed E-state index contributed by atoms with van der Waals surface area (Å²) in [4.78, 5) is 6.54. The Morgan fingerprint density at radius 1 is 1.21 bits per heavy atom. The Bertz CT molecular complexity index is 913. The summed E-state index contributed by atoms with van der Waals surface area (Å²) in [5.74, 6) is 0.827. The van der Waals surface area contributed by atoms with Crippen molar-refractivity contribution in [2.75, 3.05) is 34.2 Å². The number of nitrogens with zero attached hydrogens (tertiary/aromatic N) is 5. The van der Waals surface area contributed by atoms with Gasteiger partial charge in [-0.3, -0.25) is 9.67 Å². The number of hydrogen-bond acceptors (Lipinski definition) is 3. The van der Waals surface area contributed by atoms with Gasteiger partial charge >= 0.3 is 0 Å². The molecule has 3 rings (SSSR count). The van der Waals surface area contributed by atoms with Gasteiger partial charge in [0.1, 0.15) is 0 Å². The van der Waals surface area contributed by atoms with Gasteiger partial charge in [-0.25, -0.2) is 0 Å². The molecular formula is C21H32IN7. The topological polar surface area (TPSA) is 62.4 Å². The van der Waals surface area contributed by atoms with E-state index in [1.165, 1.54) is 16.5 Å². The zero-order valence-corrected chi connectivity index (χ0v) is 20.0. The van der Waals surface area contributed by atoms with Crippen LogP contribution in [0.4, 0.5) is 0 Å². The minimum atomic E-state index is 0. The molecule has 0 saturated heterocycles. The summed E-state index contributed by atoms with van der Waals surface area (Å²) in [6.45, 7) is 2.61. The van der Waals surface area contributed by atoms with Crippen molar-refractivity contribution in [3.8, 4) is 0 Å². The molecule has 0 spiro atoms. The highest BCUT2D eigenvalue weighted by atomic mass is 127. The van der Waals surface area contributed by atoms with E-state index in [0.717, 1.165) is 32.0 Å². The van der Waals surface area contributed by atoms with Gasteiger partial charge in [0.05, 0.1) is 12.2 Å². The molecule has 0 radical (unpaired) electrons. The maximum Gasteiger partial charge on any atom is 0.191 e. The van der Waals surface area contributed by atoms with E-state index in [2.05, 4.69) is 87.0 Å². The monoisotopic (exact) mass is 509 g/mol. The van der Waals surface area contributed by atoms with Crippen molar-refractivity contribution in [3.63, 3.8) is 0 Å². The molecule has 7 nitrogen and oxygen atoms in total. The van der Waals surface area contributed by atoms with Crippen LogP contribution in [0.15, 0.2) is 53.9 Å². The van der Waals surface area contributed by atoms with E-state index in [1.807, 2.05) is 25.0 Å². The molecule has 8 heteroatoms. The first-order valence-corrected chi connectivity index (χ1v) is 9.72. The lowest BCUT2D eigenvalue weighted by atomic mass is 10.1. The van der Waals surface area contributed by atoms with Crippen molar-refractivity contribution < 1.29 is 0 Å². The van der Waals surface area contributed by atoms with Gasteiger partial charge in [0.2, 0.25) is 0 Å². The molecule has 0 amide bonds. The van der Waals surface area contributed by atoms with Crippen LogP contribution in [0.5, 0.6) is 0 Å². The highest BCUT2D eigenvalue weighted by molar-refractivity contribution is 14.0. The highest BCUT2D eigenvalue weighted by Crippen LogP contribution is 2.16. The van der Waals surface area contributed by atoms with Crippen LogP contribution in [-0.4, -0.2) is 59.4 Å². The summed E-state index contributed by atoms with van der Waals surface area (Å²) in [5.41, 5.74) is 2.48. The third-order valence-electron chi connectivity index (χ3n) is 4.97. The van der Waals surface area contributed by atoms with Crippen LogP contribution in [0, 0.1) is 0 Å². The van der Waals surface area contributed by atoms with Crippen LogP contribution in [0.1, 0.15) is 18.0 Å². The molecule has 1 unspecified atom stereocenters. The van der Waals surface area contributed by atoms with Gasteiger partial charge in [0, 0.05) is 57.2 Å². The van der Waals surface area contributed by atoms with Gasteiger partial charge in [0.25, 0.3) is 0 Å². The van der Waals surface area contributed by atoms with Gasteiger partial charge < -0.3 is 20.1 Å². The number of guanidine groups is 1. The van der Waals surface area contributed by atoms with Crippen LogP contribution >= 0.6 is 24.0 Å². The molecule has 0 aliphatic heterocycles. The standard InChI is InChI=1S/C21H31N7.HI/c1-22-21(24-15-20(26(2)3)18-14-25-27(4)16-18)23-11-7-12-28-13-10-17-8-5-6-9-19(17)28;/h5-6,8-10,13-14,16,20H,7,11-12,15H2,1-4H3,(H2,22,23,24);1H. The second-order valence-corrected chi connectivity index (χ2v) is 7.23. The molecule has 3 aromatic rings. The van der Waals surface area contributed by atoms with Gasteiger partial charge in [-0.15, -0.1) is 24.0 Å². The third kappa shape index (κ3) is 6.20. The summed E-state index contributed by atoms with van der Waals surface area (Å²) >= 11 is 0. The molecule has 0 saturated carbocycles. The van der Waals surface area contributed by atoms with Gasteiger partial charge in [-0.2, -0.15) is 5.10 Å². The van der Waals surface area contributed by atoms with Crippen LogP contribution in [0.3, 0.4) is 0 Å². The highest BCUT2D eigenvalue weighted by Gasteiger charge is 2.16. The number of rotatable bonds is 8. The first-order valence-electron chi connectivity index (χ1n) is 9.72. The predicted molar refractivity (Wildman–Crippen MR) is 131 cm³/mol. The molecule has 1 atom stereocenters. The average molecular weight is 509 g/mol. The number of aromatic nitrogens is 3. The number of para-hydroxylation sites is 1. The molecule has 1 aromatic carbocycles. The lowest BCUT2D eigenvalue weighted by molar-refractivity contribution is 0.298. The lowest BCUT2D eigenvalue weighted by Crippen LogP contribution is -2.42. The van der Waals surface area contributed by atoms with Crippen molar-refractivity contribution in [2.24, 2.45) is 12.0 Å². The van der Waals surface area contributed by atoms with Crippen molar-refractivity contribution in [1.82, 2.24) is 29.9 Å². The molecule has 0 fully saturated rings. The SMILES string of the molecule is CN=C(NCCCn1ccc2ccccc21)NCC(c1cnn(C)c1)N(C)C.I. The fourth-order valence-corrected chi connectivity index (χ4v) is 3.42. The fraction of sp³-hybridized carbons (Fsp3) is 0.429. The number of hydrogen-bond donors (Lipinski definition) is 2. The zero-order valence-electron chi connectivity index (χ0n) is 17.7. The Labute approximate surface area is 190 Å². The summed E-state index contributed by atoms with van der Waals surface area (Å²) < 4.78 is 4.14. The van der Waals surface area contributed by atoms with Gasteiger partial charge in [-0.1, -0.05) is 18.2 Å². The van der Waals surface area contributed by atoms with Gasteiger partial charge in [-0.05, 0) is 38.0 Å². The summed E-state index contributed by atoms with van der Waals surface area (Å²) in [6.07, 6.45) is 7.17. The van der Waals surface area contributed by atoms with Crippen molar-refractivity contribution in [1.29, 1.82) is 0 Å². The van der Waals surface area contributed by atoms with Crippen LogP contribution in [-0.2, 0) is 13.6 Å². The maximum absolute atomic E-state index is 4.35. The minimum absolute atomic E-state index is 0. The normalized spacial score (nSPS) is 12.8. The number of benzene rings is 1. The molecular weight excluding hydrogens is 477 g/mol. The van der Waals surface area contributed by atoms with E-state index < -0.39 is 0 Å². The van der Waals surface area contributed by atoms with E-state index in [0.29, 0.717) is 0 Å². The molecule has 29 heavy (non-hydrogen) atoms. The average Bonchev–Trinajstić information content (AvgIpc) is 3.30. The number of halogens is 1. The maximum atomic E-state index is 4.35. The number of nitrogens with one attached hydrogen (secondary N) is 2. The predicted octanol–water partition coefficient (Wildman–Crippen LogP) is 2.85. The van der Waals surface area contributed by atoms with Crippen molar-refractivity contribution in [3.05, 3.63) is 54.5 Å². The summed E-state index contributed by atoms with van der Waals surface area (Å²) in [5, 5.41) is 12.4. The van der Waals surface area contributed by atoms with Crippen molar-refractivity contribution >= 4 is 40.8 Å². The van der Waals surface area contributed by atoms with E-state index >= 15 is 0 Å². The van der Waals surface area contributed by atoms with E-state index in [-0.39, 0.29) is 30.0 Å². The molecule has 158 valence electrons. The molecule has 2 aromatic heterocycles. The van der Waals surface area contributed by atoms with E-state index in [1.54, 1.807) is 0 Å². The molecule has 2 N–H and O–H groups in total. The number of fused-ring (bicyclic) bond motifs is 1. The summed E-state index contributed by atoms with van der Waals surface area (Å²) in [6, 6.07) is 10.9. The van der Waals surface area contributed by atoms with Crippen LogP contribution in [0.2, 0.25) is 0 Å². The number of aryl methyl sites for hydroxylation is 2. The first-order chi connectivity index (χ1) is 13.6. The largest absolute Gasteiger partial charge is 0.356 e. The Morgan fingerprint density at radius 3 is 2.69 bits per heavy atom. The second kappa shape index (κ2) is 11.2. The molecule has 0 aliphatic rings. The lowest BCUT2D eigenvalue weighted by Gasteiger charge is -2.24. The summed E-state index contributed by atoms with van der Waals surface area (Å²) in [7, 11) is 7.91. The minimum Gasteiger partial charge on any atom is -0.356 e. The smallest absolute Gasteiger partial charge is 0.191 e. The van der Waals surface area contributed by atoms with Gasteiger partial charge in [0.15, 0.2) is 5.96 Å².